The fourth-order valence-electron chi connectivity index (χ4n) is 2.57. The number of alkyl halides is 1. The van der Waals surface area contributed by atoms with Crippen LogP contribution in [0.3, 0.4) is 0 Å². The second kappa shape index (κ2) is 13.1. The van der Waals surface area contributed by atoms with Crippen LogP contribution in [-0.2, 0) is 27.3 Å². The number of aromatic nitrogens is 3. The van der Waals surface area contributed by atoms with Gasteiger partial charge in [0.05, 0.1) is 12.4 Å². The Morgan fingerprint density at radius 1 is 1.00 bits per heavy atom. The number of carboxylic acid groups (broad SMARTS) is 3. The fourth-order valence-corrected chi connectivity index (χ4v) is 2.57. The van der Waals surface area contributed by atoms with Crippen LogP contribution in [-0.4, -0.2) is 73.0 Å². The maximum atomic E-state index is 12.2. The molecular weight excluding hydrogens is 405 g/mol. The lowest BCUT2D eigenvalue weighted by molar-refractivity contribution is -0.140. The van der Waals surface area contributed by atoms with Gasteiger partial charge in [0.1, 0.15) is 12.1 Å². The number of rotatable bonds is 15. The molecule has 0 fully saturated rings. The number of urea groups is 1. The summed E-state index contributed by atoms with van der Waals surface area (Å²) in [6, 6.07) is -3.70. The summed E-state index contributed by atoms with van der Waals surface area (Å²) in [7, 11) is 0. The van der Waals surface area contributed by atoms with Crippen molar-refractivity contribution in [3.8, 4) is 0 Å². The van der Waals surface area contributed by atoms with Gasteiger partial charge in [-0.2, -0.15) is 0 Å². The number of hydrogen-bond acceptors (Lipinski definition) is 6. The van der Waals surface area contributed by atoms with Crippen LogP contribution in [0.2, 0.25) is 0 Å². The van der Waals surface area contributed by atoms with Gasteiger partial charge in [-0.05, 0) is 38.5 Å². The van der Waals surface area contributed by atoms with E-state index in [0.29, 0.717) is 37.9 Å². The Kier molecular flexibility index (Phi) is 10.8. The number of halogens is 1. The van der Waals surface area contributed by atoms with Crippen molar-refractivity contribution in [1.29, 1.82) is 0 Å². The molecule has 2 amide bonds. The molecule has 12 nitrogen and oxygen atoms in total. The van der Waals surface area contributed by atoms with Gasteiger partial charge < -0.3 is 26.0 Å². The van der Waals surface area contributed by atoms with Crippen LogP contribution < -0.4 is 10.6 Å². The standard InChI is InChI=1S/C17H26FN5O7/c18-8-3-4-11-10-23(22-21-11)9-2-1-5-12(15(26)27)19-17(30)20-13(16(28)29)6-7-14(24)25/h10,12-13H,1-9H2,(H,24,25)(H,26,27)(H,28,29)(H2,19,20,30). The Morgan fingerprint density at radius 2 is 1.63 bits per heavy atom. The molecule has 0 bridgehead atoms. The Bertz CT molecular complexity index is 727. The number of nitrogens with zero attached hydrogens (tertiary/aromatic N) is 3. The van der Waals surface area contributed by atoms with Gasteiger partial charge in [0.2, 0.25) is 0 Å². The van der Waals surface area contributed by atoms with Crippen LogP contribution in [0.25, 0.3) is 0 Å². The van der Waals surface area contributed by atoms with E-state index in [4.69, 9.17) is 10.2 Å². The normalized spacial score (nSPS) is 12.7. The quantitative estimate of drug-likeness (QED) is 0.246. The lowest BCUT2D eigenvalue weighted by Gasteiger charge is -2.18. The highest BCUT2D eigenvalue weighted by Crippen LogP contribution is 2.06. The summed E-state index contributed by atoms with van der Waals surface area (Å²) in [5.41, 5.74) is 0.672. The zero-order valence-electron chi connectivity index (χ0n) is 16.3. The molecule has 2 unspecified atom stereocenters. The second-order valence-corrected chi connectivity index (χ2v) is 6.59. The minimum absolute atomic E-state index is 0.0963. The van der Waals surface area contributed by atoms with Crippen LogP contribution in [0.1, 0.15) is 44.2 Å². The molecule has 168 valence electrons. The van der Waals surface area contributed by atoms with Gasteiger partial charge in [-0.15, -0.1) is 5.10 Å². The number of unbranched alkanes of at least 4 members (excludes halogenated alkanes) is 1. The largest absolute Gasteiger partial charge is 0.481 e. The zero-order chi connectivity index (χ0) is 22.5. The Morgan fingerprint density at radius 3 is 2.20 bits per heavy atom. The first-order chi connectivity index (χ1) is 14.2. The van der Waals surface area contributed by atoms with Gasteiger partial charge in [-0.25, -0.2) is 14.4 Å². The lowest BCUT2D eigenvalue weighted by Crippen LogP contribution is -2.51. The fraction of sp³-hybridized carbons (Fsp3) is 0.647. The Hall–Kier alpha value is -3.25. The van der Waals surface area contributed by atoms with Gasteiger partial charge in [0.25, 0.3) is 0 Å². The van der Waals surface area contributed by atoms with E-state index in [2.05, 4.69) is 20.9 Å². The van der Waals surface area contributed by atoms with E-state index in [1.807, 2.05) is 0 Å². The van der Waals surface area contributed by atoms with Crippen LogP contribution >= 0.6 is 0 Å². The predicted octanol–water partition coefficient (Wildman–Crippen LogP) is 0.421. The first-order valence-corrected chi connectivity index (χ1v) is 9.42. The minimum Gasteiger partial charge on any atom is -0.481 e. The maximum Gasteiger partial charge on any atom is 0.326 e. The number of aryl methyl sites for hydroxylation is 2. The highest BCUT2D eigenvalue weighted by Gasteiger charge is 2.24. The number of aliphatic carboxylic acids is 3. The SMILES string of the molecule is O=C(O)CCC(NC(=O)NC(CCCCn1cc(CCCF)nn1)C(=O)O)C(=O)O. The summed E-state index contributed by atoms with van der Waals surface area (Å²) in [6.07, 6.45) is 2.83. The van der Waals surface area contributed by atoms with Crippen molar-refractivity contribution in [1.82, 2.24) is 25.6 Å². The number of nitrogens with one attached hydrogen (secondary N) is 2. The summed E-state index contributed by atoms with van der Waals surface area (Å²) < 4.78 is 13.7. The van der Waals surface area contributed by atoms with Crippen molar-refractivity contribution in [2.24, 2.45) is 0 Å². The lowest BCUT2D eigenvalue weighted by atomic mass is 10.1. The molecule has 13 heteroatoms. The van der Waals surface area contributed by atoms with Gasteiger partial charge in [0.15, 0.2) is 0 Å². The Balaban J connectivity index is 2.43. The molecule has 0 saturated heterocycles. The van der Waals surface area contributed by atoms with E-state index in [-0.39, 0.29) is 12.8 Å². The van der Waals surface area contributed by atoms with Crippen molar-refractivity contribution in [3.63, 3.8) is 0 Å². The molecule has 30 heavy (non-hydrogen) atoms. The third-order valence-electron chi connectivity index (χ3n) is 4.14. The third kappa shape index (κ3) is 9.80. The molecule has 0 aliphatic rings. The molecule has 0 aromatic carbocycles. The van der Waals surface area contributed by atoms with Gasteiger partial charge >= 0.3 is 23.9 Å². The van der Waals surface area contributed by atoms with Gasteiger partial charge in [0, 0.05) is 19.2 Å². The van der Waals surface area contributed by atoms with E-state index >= 15 is 0 Å². The van der Waals surface area contributed by atoms with Crippen molar-refractivity contribution in [2.45, 2.75) is 63.6 Å². The molecule has 1 rings (SSSR count). The third-order valence-corrected chi connectivity index (χ3v) is 4.14. The molecule has 0 spiro atoms. The van der Waals surface area contributed by atoms with Crippen molar-refractivity contribution < 1.29 is 38.9 Å². The van der Waals surface area contributed by atoms with Crippen molar-refractivity contribution in [3.05, 3.63) is 11.9 Å². The molecule has 2 atom stereocenters. The number of hydrogen-bond donors (Lipinski definition) is 5. The average Bonchev–Trinajstić information content (AvgIpc) is 3.12. The summed E-state index contributed by atoms with van der Waals surface area (Å²) >= 11 is 0. The summed E-state index contributed by atoms with van der Waals surface area (Å²) in [5.74, 6) is -3.91. The van der Waals surface area contributed by atoms with Crippen molar-refractivity contribution in [2.75, 3.05) is 6.67 Å². The van der Waals surface area contributed by atoms with Crippen LogP contribution in [0.5, 0.6) is 0 Å². The Labute approximate surface area is 171 Å². The summed E-state index contributed by atoms with van der Waals surface area (Å²) in [6.45, 7) is 0.0359. The first-order valence-electron chi connectivity index (χ1n) is 9.42. The number of amides is 2. The highest BCUT2D eigenvalue weighted by atomic mass is 19.1. The van der Waals surface area contributed by atoms with E-state index in [0.717, 1.165) is 0 Å². The predicted molar refractivity (Wildman–Crippen MR) is 99.6 cm³/mol. The molecule has 1 heterocycles. The topological polar surface area (TPSA) is 184 Å². The average molecular weight is 431 g/mol. The van der Waals surface area contributed by atoms with Crippen LogP contribution in [0.15, 0.2) is 6.20 Å². The van der Waals surface area contributed by atoms with Crippen LogP contribution in [0.4, 0.5) is 9.18 Å². The van der Waals surface area contributed by atoms with E-state index in [9.17, 15) is 28.7 Å². The number of carbonyl (C=O) groups is 4. The van der Waals surface area contributed by atoms with Crippen LogP contribution in [0, 0.1) is 0 Å². The maximum absolute atomic E-state index is 12.2. The van der Waals surface area contributed by atoms with Gasteiger partial charge in [-0.3, -0.25) is 13.9 Å². The monoisotopic (exact) mass is 431 g/mol. The molecule has 0 radical (unpaired) electrons. The number of carbonyl (C=O) groups excluding carboxylic acids is 1. The zero-order valence-corrected chi connectivity index (χ0v) is 16.3. The molecule has 5 N–H and O–H groups in total. The smallest absolute Gasteiger partial charge is 0.326 e. The van der Waals surface area contributed by atoms with E-state index in [1.165, 1.54) is 0 Å². The molecular formula is C17H26FN5O7. The molecule has 1 aromatic rings. The second-order valence-electron chi connectivity index (χ2n) is 6.59. The van der Waals surface area contributed by atoms with E-state index in [1.54, 1.807) is 10.9 Å². The number of carboxylic acids is 3. The summed E-state index contributed by atoms with van der Waals surface area (Å²) in [5, 5.41) is 38.9. The molecule has 0 aliphatic heterocycles. The molecule has 0 saturated carbocycles. The van der Waals surface area contributed by atoms with Gasteiger partial charge in [-0.1, -0.05) is 5.21 Å². The van der Waals surface area contributed by atoms with Crippen molar-refractivity contribution >= 4 is 23.9 Å². The highest BCUT2D eigenvalue weighted by molar-refractivity contribution is 5.86. The molecule has 0 aliphatic carbocycles. The van der Waals surface area contributed by atoms with E-state index < -0.39 is 49.1 Å². The minimum atomic E-state index is -1.45. The molecule has 1 aromatic heterocycles. The first kappa shape index (κ1) is 24.8. The summed E-state index contributed by atoms with van der Waals surface area (Å²) in [4.78, 5) is 44.9.